The Hall–Kier alpha value is -2.18. The highest BCUT2D eigenvalue weighted by molar-refractivity contribution is 5.77. The lowest BCUT2D eigenvalue weighted by Gasteiger charge is -2.50. The summed E-state index contributed by atoms with van der Waals surface area (Å²) in [6.07, 6.45) is 2.35. The number of benzene rings is 1. The van der Waals surface area contributed by atoms with Gasteiger partial charge in [0.25, 0.3) is 0 Å². The van der Waals surface area contributed by atoms with Crippen LogP contribution in [0.15, 0.2) is 36.4 Å². The van der Waals surface area contributed by atoms with Gasteiger partial charge in [0.15, 0.2) is 0 Å². The molecule has 2 aromatic rings. The molecule has 4 heterocycles. The van der Waals surface area contributed by atoms with Crippen LogP contribution in [-0.4, -0.2) is 60.0 Å². The molecule has 27 heavy (non-hydrogen) atoms. The zero-order valence-electron chi connectivity index (χ0n) is 16.1. The fourth-order valence-corrected chi connectivity index (χ4v) is 4.68. The fourth-order valence-electron chi connectivity index (χ4n) is 4.68. The van der Waals surface area contributed by atoms with Gasteiger partial charge in [0, 0.05) is 50.5 Å². The van der Waals surface area contributed by atoms with Gasteiger partial charge in [0.05, 0.1) is 5.69 Å². The lowest BCUT2D eigenvalue weighted by Crippen LogP contribution is -2.56. The third kappa shape index (κ3) is 3.77. The van der Waals surface area contributed by atoms with E-state index in [-0.39, 0.29) is 12.5 Å². The highest BCUT2D eigenvalue weighted by Crippen LogP contribution is 2.42. The van der Waals surface area contributed by atoms with Crippen LogP contribution in [0.4, 0.5) is 0 Å². The molecule has 1 aromatic heterocycles. The predicted molar refractivity (Wildman–Crippen MR) is 104 cm³/mol. The number of nitrogens with zero attached hydrogens (tertiary/aromatic N) is 3. The summed E-state index contributed by atoms with van der Waals surface area (Å²) in [4.78, 5) is 14.2. The number of carbonyl (C=O) groups is 1. The van der Waals surface area contributed by atoms with Gasteiger partial charge in [0.2, 0.25) is 5.91 Å². The number of carbonyl (C=O) groups excluding carboxylic acids is 1. The van der Waals surface area contributed by atoms with Crippen LogP contribution in [0, 0.1) is 5.92 Å². The number of aromatic nitrogens is 2. The monoisotopic (exact) mass is 368 g/mol. The topological polar surface area (TPSA) is 59.4 Å². The number of fused-ring (bicyclic) bond motifs is 3. The van der Waals surface area contributed by atoms with Crippen molar-refractivity contribution in [1.82, 2.24) is 20.0 Å². The average Bonchev–Trinajstić information content (AvgIpc) is 3.09. The molecule has 1 N–H and O–H groups in total. The van der Waals surface area contributed by atoms with E-state index in [1.54, 1.807) is 7.11 Å². The summed E-state index contributed by atoms with van der Waals surface area (Å²) >= 11 is 0. The van der Waals surface area contributed by atoms with Gasteiger partial charge in [-0.3, -0.25) is 14.4 Å². The number of hydrogen-bond acceptors (Lipinski definition) is 4. The molecule has 1 aromatic carbocycles. The number of piperidine rings is 3. The molecular formula is C21H28N4O2. The minimum absolute atomic E-state index is 0.0316. The molecule has 4 unspecified atom stereocenters. The molecule has 6 heteroatoms. The number of hydrogen-bond donors (Lipinski definition) is 1. The van der Waals surface area contributed by atoms with Crippen LogP contribution in [0.1, 0.15) is 24.5 Å². The lowest BCUT2D eigenvalue weighted by molar-refractivity contribution is -0.125. The molecule has 0 radical (unpaired) electrons. The maximum atomic E-state index is 11.7. The van der Waals surface area contributed by atoms with E-state index in [9.17, 15) is 4.79 Å². The third-order valence-corrected chi connectivity index (χ3v) is 6.05. The van der Waals surface area contributed by atoms with Gasteiger partial charge in [-0.2, -0.15) is 5.10 Å². The number of ether oxygens (including phenoxy) is 1. The van der Waals surface area contributed by atoms with Crippen LogP contribution >= 0.6 is 0 Å². The van der Waals surface area contributed by atoms with Crippen molar-refractivity contribution in [2.75, 3.05) is 33.4 Å². The van der Waals surface area contributed by atoms with Gasteiger partial charge in [-0.1, -0.05) is 30.3 Å². The van der Waals surface area contributed by atoms with Crippen molar-refractivity contribution in [3.05, 3.63) is 42.1 Å². The molecule has 3 fully saturated rings. The molecule has 3 aliphatic rings. The van der Waals surface area contributed by atoms with E-state index in [4.69, 9.17) is 9.84 Å². The molecular weight excluding hydrogens is 340 g/mol. The average molecular weight is 368 g/mol. The SMILES string of the molecule is COCC(=O)NCC1CC2CCN1CC2c1cc(-c2ccccc2)nn1C. The van der Waals surface area contributed by atoms with E-state index < -0.39 is 0 Å². The molecule has 5 rings (SSSR count). The van der Waals surface area contributed by atoms with Gasteiger partial charge in [0.1, 0.15) is 6.61 Å². The summed E-state index contributed by atoms with van der Waals surface area (Å²) in [6, 6.07) is 13.1. The number of amides is 1. The second kappa shape index (κ2) is 7.82. The first-order valence-corrected chi connectivity index (χ1v) is 9.74. The zero-order valence-corrected chi connectivity index (χ0v) is 16.1. The normalized spacial score (nSPS) is 26.9. The maximum absolute atomic E-state index is 11.7. The maximum Gasteiger partial charge on any atom is 0.246 e. The van der Waals surface area contributed by atoms with Crippen molar-refractivity contribution in [3.8, 4) is 11.3 Å². The summed E-state index contributed by atoms with van der Waals surface area (Å²) in [5.41, 5.74) is 3.54. The molecule has 3 aliphatic heterocycles. The largest absolute Gasteiger partial charge is 0.375 e. The Morgan fingerprint density at radius 1 is 1.33 bits per heavy atom. The van der Waals surface area contributed by atoms with E-state index >= 15 is 0 Å². The molecule has 4 atom stereocenters. The Morgan fingerprint density at radius 3 is 2.85 bits per heavy atom. The van der Waals surface area contributed by atoms with Gasteiger partial charge < -0.3 is 10.1 Å². The molecule has 2 bridgehead atoms. The van der Waals surface area contributed by atoms with Crippen LogP contribution in [0.2, 0.25) is 0 Å². The smallest absolute Gasteiger partial charge is 0.246 e. The van der Waals surface area contributed by atoms with E-state index in [0.29, 0.717) is 24.4 Å². The Labute approximate surface area is 160 Å². The lowest BCUT2D eigenvalue weighted by atomic mass is 9.74. The number of aryl methyl sites for hydroxylation is 1. The van der Waals surface area contributed by atoms with Crippen LogP contribution < -0.4 is 5.32 Å². The Morgan fingerprint density at radius 2 is 2.15 bits per heavy atom. The number of nitrogens with one attached hydrogen (secondary N) is 1. The van der Waals surface area contributed by atoms with E-state index in [0.717, 1.165) is 25.2 Å². The highest BCUT2D eigenvalue weighted by atomic mass is 16.5. The minimum Gasteiger partial charge on any atom is -0.375 e. The fraction of sp³-hybridized carbons (Fsp3) is 0.524. The van der Waals surface area contributed by atoms with Gasteiger partial charge in [-0.25, -0.2) is 0 Å². The van der Waals surface area contributed by atoms with Crippen molar-refractivity contribution in [1.29, 1.82) is 0 Å². The van der Waals surface area contributed by atoms with Crippen LogP contribution in [0.5, 0.6) is 0 Å². The van der Waals surface area contributed by atoms with Gasteiger partial charge in [-0.15, -0.1) is 0 Å². The van der Waals surface area contributed by atoms with Crippen molar-refractivity contribution >= 4 is 5.91 Å². The summed E-state index contributed by atoms with van der Waals surface area (Å²) in [6.45, 7) is 3.01. The summed E-state index contributed by atoms with van der Waals surface area (Å²) in [5.74, 6) is 1.13. The number of rotatable bonds is 6. The standard InChI is InChI=1S/C21H28N4O2/c1-24-20(11-19(23-24)15-6-4-3-5-7-15)18-13-25-9-8-16(18)10-17(25)12-22-21(26)14-27-2/h3-7,11,16-18H,8-10,12-14H2,1-2H3,(H,22,26). The molecule has 0 saturated carbocycles. The second-order valence-electron chi connectivity index (χ2n) is 7.72. The molecule has 0 spiro atoms. The third-order valence-electron chi connectivity index (χ3n) is 6.05. The quantitative estimate of drug-likeness (QED) is 0.848. The Balaban J connectivity index is 1.45. The zero-order chi connectivity index (χ0) is 18.8. The first-order chi connectivity index (χ1) is 13.2. The van der Waals surface area contributed by atoms with Crippen LogP contribution in [0.3, 0.4) is 0 Å². The second-order valence-corrected chi connectivity index (χ2v) is 7.72. The molecule has 0 aliphatic carbocycles. The van der Waals surface area contributed by atoms with Crippen molar-refractivity contribution in [2.24, 2.45) is 13.0 Å². The number of methoxy groups -OCH3 is 1. The van der Waals surface area contributed by atoms with Crippen molar-refractivity contribution in [2.45, 2.75) is 24.8 Å². The van der Waals surface area contributed by atoms with Crippen molar-refractivity contribution < 1.29 is 9.53 Å². The highest BCUT2D eigenvalue weighted by Gasteiger charge is 2.41. The van der Waals surface area contributed by atoms with E-state index in [1.807, 2.05) is 6.07 Å². The minimum atomic E-state index is -0.0316. The molecule has 3 saturated heterocycles. The summed E-state index contributed by atoms with van der Waals surface area (Å²) in [5, 5.41) is 7.77. The Kier molecular flexibility index (Phi) is 5.27. The molecule has 1 amide bonds. The first kappa shape index (κ1) is 18.2. The summed E-state index contributed by atoms with van der Waals surface area (Å²) < 4.78 is 6.96. The van der Waals surface area contributed by atoms with Crippen LogP contribution in [0.25, 0.3) is 11.3 Å². The first-order valence-electron chi connectivity index (χ1n) is 9.74. The van der Waals surface area contributed by atoms with Crippen LogP contribution in [-0.2, 0) is 16.6 Å². The van der Waals surface area contributed by atoms with Gasteiger partial charge in [-0.05, 0) is 31.4 Å². The summed E-state index contributed by atoms with van der Waals surface area (Å²) in [7, 11) is 3.61. The van der Waals surface area contributed by atoms with E-state index in [2.05, 4.69) is 52.3 Å². The van der Waals surface area contributed by atoms with Crippen molar-refractivity contribution in [3.63, 3.8) is 0 Å². The van der Waals surface area contributed by atoms with Gasteiger partial charge >= 0.3 is 0 Å². The van der Waals surface area contributed by atoms with E-state index in [1.165, 1.54) is 17.7 Å². The molecule has 6 nitrogen and oxygen atoms in total. The Bertz CT molecular complexity index is 789. The predicted octanol–water partition coefficient (Wildman–Crippen LogP) is 2.03. The molecule has 144 valence electrons.